The lowest BCUT2D eigenvalue weighted by Crippen LogP contribution is -2.28. The first kappa shape index (κ1) is 25.5. The number of Topliss-reactive ketones (excluding diaryl/α,β-unsaturated/α-hetero) is 1. The third-order valence-corrected chi connectivity index (χ3v) is 5.94. The van der Waals surface area contributed by atoms with Gasteiger partial charge in [-0.05, 0) is 55.0 Å². The van der Waals surface area contributed by atoms with E-state index in [1.807, 2.05) is 0 Å². The van der Waals surface area contributed by atoms with E-state index in [1.165, 1.54) is 44.6 Å². The molecule has 0 unspecified atom stereocenters. The number of pyridine rings is 2. The number of fused-ring (bicyclic) bond motifs is 1. The average Bonchev–Trinajstić information content (AvgIpc) is 2.95. The van der Waals surface area contributed by atoms with Crippen molar-refractivity contribution in [2.45, 2.75) is 13.3 Å². The summed E-state index contributed by atoms with van der Waals surface area (Å²) in [6, 6.07) is 17.2. The zero-order chi connectivity index (χ0) is 27.5. The number of nitrogens with zero attached hydrogens (tertiary/aromatic N) is 4. The number of methoxy groups -OCH3 is 2. The van der Waals surface area contributed by atoms with Gasteiger partial charge in [-0.2, -0.15) is 9.78 Å². The minimum absolute atomic E-state index is 0.000865. The van der Waals surface area contributed by atoms with Crippen molar-refractivity contribution in [2.24, 2.45) is 0 Å². The average molecular weight is 527 g/mol. The van der Waals surface area contributed by atoms with Crippen molar-refractivity contribution in [3.8, 4) is 28.8 Å². The Bertz CT molecular complexity index is 1730. The molecule has 9 nitrogen and oxygen atoms in total. The molecule has 5 aromatic rings. The summed E-state index contributed by atoms with van der Waals surface area (Å²) in [7, 11) is 3.02. The number of rotatable bonds is 8. The maximum atomic E-state index is 13.3. The molecule has 3 aromatic heterocycles. The first-order valence-electron chi connectivity index (χ1n) is 11.9. The highest BCUT2D eigenvalue weighted by Crippen LogP contribution is 2.34. The maximum absolute atomic E-state index is 13.3. The molecule has 0 aliphatic heterocycles. The summed E-state index contributed by atoms with van der Waals surface area (Å²) in [5, 5.41) is 4.20. The minimum Gasteiger partial charge on any atom is -0.491 e. The highest BCUT2D eigenvalue weighted by Gasteiger charge is 2.17. The van der Waals surface area contributed by atoms with Crippen LogP contribution in [0.25, 0.3) is 16.7 Å². The number of halogens is 1. The van der Waals surface area contributed by atoms with E-state index in [0.29, 0.717) is 51.1 Å². The van der Waals surface area contributed by atoms with Gasteiger partial charge < -0.3 is 14.2 Å². The molecule has 39 heavy (non-hydrogen) atoms. The monoisotopic (exact) mass is 526 g/mol. The van der Waals surface area contributed by atoms with Crippen LogP contribution in [-0.2, 0) is 6.42 Å². The summed E-state index contributed by atoms with van der Waals surface area (Å²) < 4.78 is 31.1. The molecule has 5 rings (SSSR count). The van der Waals surface area contributed by atoms with E-state index >= 15 is 0 Å². The molecular formula is C29H23FN4O5. The van der Waals surface area contributed by atoms with Crippen LogP contribution in [0.1, 0.15) is 21.6 Å². The lowest BCUT2D eigenvalue weighted by atomic mass is 10.0. The van der Waals surface area contributed by atoms with Crippen LogP contribution < -0.4 is 19.8 Å². The molecule has 0 aliphatic carbocycles. The zero-order valence-corrected chi connectivity index (χ0v) is 21.3. The molecular weight excluding hydrogens is 503 g/mol. The fourth-order valence-electron chi connectivity index (χ4n) is 4.04. The summed E-state index contributed by atoms with van der Waals surface area (Å²) in [5.74, 6) is 0.961. The Kier molecular flexibility index (Phi) is 7.00. The van der Waals surface area contributed by atoms with E-state index in [4.69, 9.17) is 14.2 Å². The van der Waals surface area contributed by atoms with Gasteiger partial charge in [0.05, 0.1) is 36.7 Å². The number of benzene rings is 2. The first-order valence-corrected chi connectivity index (χ1v) is 11.9. The molecule has 196 valence electrons. The van der Waals surface area contributed by atoms with Crippen LogP contribution in [0.5, 0.6) is 23.1 Å². The maximum Gasteiger partial charge on any atom is 0.282 e. The van der Waals surface area contributed by atoms with Gasteiger partial charge in [0.2, 0.25) is 0 Å². The molecule has 0 atom stereocenters. The normalized spacial score (nSPS) is 10.9. The fourth-order valence-corrected chi connectivity index (χ4v) is 4.04. The van der Waals surface area contributed by atoms with Crippen molar-refractivity contribution in [1.29, 1.82) is 0 Å². The van der Waals surface area contributed by atoms with E-state index in [0.717, 1.165) is 4.68 Å². The number of ketones is 1. The van der Waals surface area contributed by atoms with Crippen LogP contribution >= 0.6 is 0 Å². The summed E-state index contributed by atoms with van der Waals surface area (Å²) in [6.45, 7) is 1.69. The third kappa shape index (κ3) is 5.30. The van der Waals surface area contributed by atoms with E-state index < -0.39 is 11.4 Å². The van der Waals surface area contributed by atoms with Crippen LogP contribution in [0.3, 0.4) is 0 Å². The van der Waals surface area contributed by atoms with Crippen LogP contribution in [0.2, 0.25) is 0 Å². The van der Waals surface area contributed by atoms with Crippen molar-refractivity contribution in [2.75, 3.05) is 14.2 Å². The van der Waals surface area contributed by atoms with Crippen molar-refractivity contribution >= 4 is 16.8 Å². The molecule has 3 heterocycles. The van der Waals surface area contributed by atoms with E-state index in [9.17, 15) is 14.0 Å². The van der Waals surface area contributed by atoms with Gasteiger partial charge in [0.15, 0.2) is 17.3 Å². The minimum atomic E-state index is -0.568. The van der Waals surface area contributed by atoms with Crippen LogP contribution in [0, 0.1) is 12.7 Å². The second-order valence-electron chi connectivity index (χ2n) is 8.62. The Morgan fingerprint density at radius 3 is 2.38 bits per heavy atom. The molecule has 0 fully saturated rings. The molecule has 0 saturated heterocycles. The zero-order valence-electron chi connectivity index (χ0n) is 21.3. The predicted molar refractivity (Wildman–Crippen MR) is 142 cm³/mol. The van der Waals surface area contributed by atoms with Gasteiger partial charge >= 0.3 is 0 Å². The Balaban J connectivity index is 1.36. The summed E-state index contributed by atoms with van der Waals surface area (Å²) in [6.07, 6.45) is 1.60. The van der Waals surface area contributed by atoms with Crippen molar-refractivity contribution in [3.05, 3.63) is 106 Å². The second kappa shape index (κ2) is 10.7. The topological polar surface area (TPSA) is 105 Å². The van der Waals surface area contributed by atoms with Crippen molar-refractivity contribution in [1.82, 2.24) is 19.7 Å². The van der Waals surface area contributed by atoms with E-state index in [2.05, 4.69) is 15.1 Å². The quantitative estimate of drug-likeness (QED) is 0.264. The van der Waals surface area contributed by atoms with Crippen LogP contribution in [0.4, 0.5) is 4.39 Å². The van der Waals surface area contributed by atoms with E-state index in [1.54, 1.807) is 49.5 Å². The smallest absolute Gasteiger partial charge is 0.282 e. The SMILES string of the molecule is COc1cc2nccc(Oc3ccc(CC(=O)c4cc(C)nn(-c5ccc(F)cc5)c4=O)cc3)c2nc1OC. The van der Waals surface area contributed by atoms with Crippen LogP contribution in [-0.4, -0.2) is 39.8 Å². The molecule has 0 aliphatic rings. The highest BCUT2D eigenvalue weighted by atomic mass is 19.1. The summed E-state index contributed by atoms with van der Waals surface area (Å²) in [4.78, 5) is 34.9. The Morgan fingerprint density at radius 1 is 0.949 bits per heavy atom. The van der Waals surface area contributed by atoms with Gasteiger partial charge in [0, 0.05) is 24.8 Å². The molecule has 10 heteroatoms. The summed E-state index contributed by atoms with van der Waals surface area (Å²) in [5.41, 5.74) is 2.06. The Morgan fingerprint density at radius 2 is 1.69 bits per heavy atom. The standard InChI is InChI=1S/C29H23FN4O5/c1-17-14-22(29(36)34(33-17)20-8-6-19(30)7-9-20)24(35)15-18-4-10-21(11-5-18)39-25-12-13-31-23-16-26(37-2)28(38-3)32-27(23)25/h4-14,16H,15H2,1-3H3. The van der Waals surface area contributed by atoms with Crippen molar-refractivity contribution in [3.63, 3.8) is 0 Å². The molecule has 2 aromatic carbocycles. The van der Waals surface area contributed by atoms with Crippen molar-refractivity contribution < 1.29 is 23.4 Å². The number of ether oxygens (including phenoxy) is 3. The molecule has 0 amide bonds. The van der Waals surface area contributed by atoms with Crippen LogP contribution in [0.15, 0.2) is 77.7 Å². The lowest BCUT2D eigenvalue weighted by Gasteiger charge is -2.11. The second-order valence-corrected chi connectivity index (χ2v) is 8.62. The first-order chi connectivity index (χ1) is 18.9. The summed E-state index contributed by atoms with van der Waals surface area (Å²) >= 11 is 0. The largest absolute Gasteiger partial charge is 0.491 e. The van der Waals surface area contributed by atoms with Gasteiger partial charge in [0.1, 0.15) is 17.1 Å². The number of hydrogen-bond donors (Lipinski definition) is 0. The number of hydrogen-bond acceptors (Lipinski definition) is 8. The molecule has 0 radical (unpaired) electrons. The number of aromatic nitrogens is 4. The Hall–Kier alpha value is -5.12. The van der Waals surface area contributed by atoms with Gasteiger partial charge in [-0.25, -0.2) is 9.37 Å². The highest BCUT2D eigenvalue weighted by molar-refractivity contribution is 5.97. The number of aryl methyl sites for hydroxylation is 1. The van der Waals surface area contributed by atoms with Gasteiger partial charge in [-0.1, -0.05) is 12.1 Å². The molecule has 0 N–H and O–H groups in total. The van der Waals surface area contributed by atoms with Gasteiger partial charge in [0.25, 0.3) is 11.4 Å². The van der Waals surface area contributed by atoms with Gasteiger partial charge in [-0.15, -0.1) is 0 Å². The van der Waals surface area contributed by atoms with Gasteiger partial charge in [-0.3, -0.25) is 14.6 Å². The molecule has 0 spiro atoms. The number of carbonyl (C=O) groups excluding carboxylic acids is 1. The fraction of sp³-hybridized carbons (Fsp3) is 0.138. The van der Waals surface area contributed by atoms with E-state index in [-0.39, 0.29) is 17.8 Å². The lowest BCUT2D eigenvalue weighted by molar-refractivity contribution is 0.0990. The molecule has 0 saturated carbocycles. The Labute approximate surface area is 222 Å². The molecule has 0 bridgehead atoms. The predicted octanol–water partition coefficient (Wildman–Crippen LogP) is 4.86. The number of carbonyl (C=O) groups is 1. The third-order valence-electron chi connectivity index (χ3n) is 5.94.